The number of thioether (sulfide) groups is 1. The van der Waals surface area contributed by atoms with Gasteiger partial charge < -0.3 is 14.8 Å². The smallest absolute Gasteiger partial charge is 0.270 e. The van der Waals surface area contributed by atoms with E-state index in [2.05, 4.69) is 37.2 Å². The van der Waals surface area contributed by atoms with E-state index in [4.69, 9.17) is 21.7 Å². The number of aryl methyl sites for hydroxylation is 4. The van der Waals surface area contributed by atoms with Gasteiger partial charge in [-0.2, -0.15) is 0 Å². The highest BCUT2D eigenvalue weighted by atomic mass is 79.9. The fourth-order valence-corrected chi connectivity index (χ4v) is 6.41. The molecule has 0 spiro atoms. The van der Waals surface area contributed by atoms with E-state index in [9.17, 15) is 9.59 Å². The number of halogens is 2. The number of carbonyl (C=O) groups excluding carboxylic acids is 2. The molecule has 10 heteroatoms. The monoisotopic (exact) mass is 702 g/mol. The summed E-state index contributed by atoms with van der Waals surface area (Å²) in [6, 6.07) is 13.3. The first-order chi connectivity index (χ1) is 19.0. The van der Waals surface area contributed by atoms with Crippen LogP contribution in [0.15, 0.2) is 56.3 Å². The van der Waals surface area contributed by atoms with Gasteiger partial charge in [0.15, 0.2) is 22.4 Å². The van der Waals surface area contributed by atoms with Crippen LogP contribution in [0.3, 0.4) is 0 Å². The number of ether oxygens (including phenoxy) is 2. The number of carbonyl (C=O) groups is 2. The first-order valence-electron chi connectivity index (χ1n) is 12.5. The van der Waals surface area contributed by atoms with Crippen molar-refractivity contribution in [2.45, 2.75) is 34.6 Å². The third-order valence-electron chi connectivity index (χ3n) is 6.38. The summed E-state index contributed by atoms with van der Waals surface area (Å²) in [4.78, 5) is 28.1. The average molecular weight is 705 g/mol. The van der Waals surface area contributed by atoms with Gasteiger partial charge in [-0.15, -0.1) is 0 Å². The second kappa shape index (κ2) is 12.9. The Morgan fingerprint density at radius 1 is 0.975 bits per heavy atom. The molecule has 0 bridgehead atoms. The van der Waals surface area contributed by atoms with E-state index in [-0.39, 0.29) is 18.4 Å². The molecule has 0 radical (unpaired) electrons. The molecular formula is C30H28Br2N2O4S2. The van der Waals surface area contributed by atoms with E-state index in [1.165, 1.54) is 11.8 Å². The summed E-state index contributed by atoms with van der Waals surface area (Å²) in [5.74, 6) is 0.364. The summed E-state index contributed by atoms with van der Waals surface area (Å²) in [5, 5.41) is 2.88. The molecule has 1 saturated heterocycles. The van der Waals surface area contributed by atoms with Crippen LogP contribution in [0.2, 0.25) is 0 Å². The van der Waals surface area contributed by atoms with Crippen LogP contribution in [-0.4, -0.2) is 29.3 Å². The molecule has 1 aliphatic rings. The van der Waals surface area contributed by atoms with Crippen molar-refractivity contribution in [2.24, 2.45) is 0 Å². The summed E-state index contributed by atoms with van der Waals surface area (Å²) in [6.45, 7) is 10.1. The molecule has 1 aliphatic heterocycles. The maximum absolute atomic E-state index is 13.3. The number of hydrogen-bond acceptors (Lipinski definition) is 6. The van der Waals surface area contributed by atoms with Gasteiger partial charge >= 0.3 is 0 Å². The van der Waals surface area contributed by atoms with E-state index in [0.29, 0.717) is 37.5 Å². The zero-order chi connectivity index (χ0) is 29.1. The first-order valence-corrected chi connectivity index (χ1v) is 15.3. The van der Waals surface area contributed by atoms with Crippen molar-refractivity contribution in [1.82, 2.24) is 0 Å². The van der Waals surface area contributed by atoms with Gasteiger partial charge in [0.1, 0.15) is 0 Å². The number of nitrogens with one attached hydrogen (secondary N) is 1. The van der Waals surface area contributed by atoms with Crippen molar-refractivity contribution in [3.8, 4) is 11.5 Å². The molecule has 0 aromatic heterocycles. The van der Waals surface area contributed by atoms with Crippen molar-refractivity contribution in [2.75, 3.05) is 23.4 Å². The summed E-state index contributed by atoms with van der Waals surface area (Å²) < 4.78 is 13.6. The van der Waals surface area contributed by atoms with Gasteiger partial charge in [-0.25, -0.2) is 0 Å². The SMILES string of the molecule is CCOc1cc(/C=C2/SC(=S)N(c3ccc(C)c(C)c3)C2=O)cc(Br)c1OCC(=O)Nc1cc(C)c(C)cc1Br. The molecule has 40 heavy (non-hydrogen) atoms. The average Bonchev–Trinajstić information content (AvgIpc) is 3.16. The Morgan fingerprint density at radius 3 is 2.38 bits per heavy atom. The molecule has 2 amide bonds. The Morgan fingerprint density at radius 2 is 1.68 bits per heavy atom. The second-order valence-corrected chi connectivity index (χ2v) is 12.7. The van der Waals surface area contributed by atoms with Crippen molar-refractivity contribution >= 4 is 89.4 Å². The lowest BCUT2D eigenvalue weighted by atomic mass is 10.1. The molecule has 4 rings (SSSR count). The van der Waals surface area contributed by atoms with Crippen LogP contribution >= 0.6 is 55.8 Å². The van der Waals surface area contributed by atoms with E-state index in [0.717, 1.165) is 38.0 Å². The van der Waals surface area contributed by atoms with Gasteiger partial charge in [-0.3, -0.25) is 14.5 Å². The first kappa shape index (κ1) is 30.3. The van der Waals surface area contributed by atoms with E-state index in [1.54, 1.807) is 17.0 Å². The highest BCUT2D eigenvalue weighted by molar-refractivity contribution is 9.11. The van der Waals surface area contributed by atoms with Crippen LogP contribution in [0.5, 0.6) is 11.5 Å². The second-order valence-electron chi connectivity index (χ2n) is 9.30. The molecule has 1 heterocycles. The molecular weight excluding hydrogens is 676 g/mol. The number of thiocarbonyl (C=S) groups is 1. The fourth-order valence-electron chi connectivity index (χ4n) is 3.98. The number of amides is 2. The fraction of sp³-hybridized carbons (Fsp3) is 0.233. The van der Waals surface area contributed by atoms with Crippen LogP contribution in [0.1, 0.15) is 34.7 Å². The summed E-state index contributed by atoms with van der Waals surface area (Å²) in [5.41, 5.74) is 6.59. The van der Waals surface area contributed by atoms with Gasteiger partial charge in [0, 0.05) is 4.47 Å². The van der Waals surface area contributed by atoms with Crippen LogP contribution in [0, 0.1) is 27.7 Å². The molecule has 0 saturated carbocycles. The Kier molecular flexibility index (Phi) is 9.76. The summed E-state index contributed by atoms with van der Waals surface area (Å²) in [7, 11) is 0. The van der Waals surface area contributed by atoms with Crippen molar-refractivity contribution in [3.05, 3.63) is 84.1 Å². The molecule has 1 N–H and O–H groups in total. The van der Waals surface area contributed by atoms with Crippen LogP contribution in [0.4, 0.5) is 11.4 Å². The van der Waals surface area contributed by atoms with Crippen LogP contribution < -0.4 is 19.7 Å². The molecule has 0 aliphatic carbocycles. The van der Waals surface area contributed by atoms with Gasteiger partial charge in [0.2, 0.25) is 0 Å². The van der Waals surface area contributed by atoms with Gasteiger partial charge in [-0.1, -0.05) is 30.0 Å². The lowest BCUT2D eigenvalue weighted by Crippen LogP contribution is -2.27. The van der Waals surface area contributed by atoms with Crippen molar-refractivity contribution in [3.63, 3.8) is 0 Å². The van der Waals surface area contributed by atoms with E-state index < -0.39 is 0 Å². The minimum absolute atomic E-state index is 0.179. The Hall–Kier alpha value is -2.66. The topological polar surface area (TPSA) is 67.9 Å². The Labute approximate surface area is 260 Å². The normalized spacial score (nSPS) is 14.2. The van der Waals surface area contributed by atoms with Gasteiger partial charge in [0.05, 0.1) is 27.4 Å². The maximum Gasteiger partial charge on any atom is 0.270 e. The summed E-state index contributed by atoms with van der Waals surface area (Å²) in [6.07, 6.45) is 1.78. The predicted molar refractivity (Wildman–Crippen MR) is 175 cm³/mol. The molecule has 3 aromatic rings. The molecule has 0 atom stereocenters. The highest BCUT2D eigenvalue weighted by Gasteiger charge is 2.33. The number of rotatable bonds is 8. The van der Waals surface area contributed by atoms with Gasteiger partial charge in [-0.05, 0) is 137 Å². The molecule has 6 nitrogen and oxygen atoms in total. The third-order valence-corrected chi connectivity index (χ3v) is 8.92. The Balaban J connectivity index is 1.53. The summed E-state index contributed by atoms with van der Waals surface area (Å²) >= 11 is 13.8. The lowest BCUT2D eigenvalue weighted by Gasteiger charge is -2.16. The van der Waals surface area contributed by atoms with Crippen molar-refractivity contribution in [1.29, 1.82) is 0 Å². The lowest BCUT2D eigenvalue weighted by molar-refractivity contribution is -0.118. The quantitative estimate of drug-likeness (QED) is 0.188. The molecule has 0 unspecified atom stereocenters. The Bertz CT molecular complexity index is 1560. The zero-order valence-corrected chi connectivity index (χ0v) is 27.5. The van der Waals surface area contributed by atoms with Gasteiger partial charge in [0.25, 0.3) is 11.8 Å². The van der Waals surface area contributed by atoms with E-state index >= 15 is 0 Å². The largest absolute Gasteiger partial charge is 0.490 e. The minimum Gasteiger partial charge on any atom is -0.490 e. The zero-order valence-electron chi connectivity index (χ0n) is 22.7. The number of anilines is 2. The molecule has 1 fully saturated rings. The number of benzene rings is 3. The predicted octanol–water partition coefficient (Wildman–Crippen LogP) is 8.27. The molecule has 3 aromatic carbocycles. The maximum atomic E-state index is 13.3. The number of hydrogen-bond donors (Lipinski definition) is 1. The molecule has 208 valence electrons. The van der Waals surface area contributed by atoms with Crippen LogP contribution in [0.25, 0.3) is 6.08 Å². The number of nitrogens with zero attached hydrogens (tertiary/aromatic N) is 1. The van der Waals surface area contributed by atoms with Crippen molar-refractivity contribution < 1.29 is 19.1 Å². The third kappa shape index (κ3) is 6.79. The highest BCUT2D eigenvalue weighted by Crippen LogP contribution is 2.40. The van der Waals surface area contributed by atoms with E-state index in [1.807, 2.05) is 71.0 Å². The van der Waals surface area contributed by atoms with Crippen LogP contribution in [-0.2, 0) is 9.59 Å². The minimum atomic E-state index is -0.308. The standard InChI is InChI=1S/C30H28Br2N2O4S2/c1-6-37-25-13-20(14-26-29(36)34(30(39)40-26)21-8-7-16(2)17(3)9-21)12-23(32)28(25)38-15-27(35)33-24-11-19(5)18(4)10-22(24)31/h7-14H,6,15H2,1-5H3,(H,33,35)/b26-14+.